The van der Waals surface area contributed by atoms with Gasteiger partial charge in [-0.05, 0) is 36.8 Å². The number of nitrogen functional groups attached to an aromatic ring is 1. The molecule has 5 heteroatoms. The number of benzene rings is 2. The molecule has 3 N–H and O–H groups in total. The van der Waals surface area contributed by atoms with Crippen LogP contribution in [0.4, 0.5) is 30.2 Å². The molecule has 2 aromatic carbocycles. The number of nitrogens with one attached hydrogen (secondary N) is 1. The van der Waals surface area contributed by atoms with Crippen LogP contribution >= 0.6 is 0 Å². The predicted molar refractivity (Wildman–Crippen MR) is 70.3 cm³/mol. The van der Waals surface area contributed by atoms with Gasteiger partial charge in [-0.25, -0.2) is 0 Å². The minimum absolute atomic E-state index is 0.275. The molecule has 19 heavy (non-hydrogen) atoms. The average Bonchev–Trinajstić information content (AvgIpc) is 2.33. The van der Waals surface area contributed by atoms with Gasteiger partial charge in [0.05, 0.1) is 5.56 Å². The van der Waals surface area contributed by atoms with E-state index < -0.39 is 11.7 Å². The monoisotopic (exact) mass is 266 g/mol. The van der Waals surface area contributed by atoms with E-state index in [0.717, 1.165) is 17.3 Å². The highest BCUT2D eigenvalue weighted by molar-refractivity contribution is 5.66. The third kappa shape index (κ3) is 2.99. The van der Waals surface area contributed by atoms with E-state index in [9.17, 15) is 13.2 Å². The summed E-state index contributed by atoms with van der Waals surface area (Å²) in [5.41, 5.74) is 6.32. The summed E-state index contributed by atoms with van der Waals surface area (Å²) in [6.07, 6.45) is -4.45. The summed E-state index contributed by atoms with van der Waals surface area (Å²) in [5, 5.41) is 2.96. The molecule has 0 bridgehead atoms. The van der Waals surface area contributed by atoms with Gasteiger partial charge < -0.3 is 11.1 Å². The lowest BCUT2D eigenvalue weighted by Crippen LogP contribution is -2.09. The zero-order chi connectivity index (χ0) is 14.0. The van der Waals surface area contributed by atoms with E-state index in [4.69, 9.17) is 5.73 Å². The van der Waals surface area contributed by atoms with Crippen LogP contribution in [-0.4, -0.2) is 0 Å². The molecule has 2 rings (SSSR count). The van der Waals surface area contributed by atoms with Crippen molar-refractivity contribution in [3.63, 3.8) is 0 Å². The third-order valence-electron chi connectivity index (χ3n) is 2.78. The number of rotatable bonds is 2. The molecule has 2 nitrogen and oxygen atoms in total. The summed E-state index contributed by atoms with van der Waals surface area (Å²) in [6, 6.07) is 11.2. The number of halogens is 3. The first-order valence-electron chi connectivity index (χ1n) is 5.67. The predicted octanol–water partition coefficient (Wildman–Crippen LogP) is 4.34. The van der Waals surface area contributed by atoms with E-state index in [0.29, 0.717) is 5.69 Å². The molecule has 2 aromatic rings. The maximum Gasteiger partial charge on any atom is 0.418 e. The molecule has 0 saturated carbocycles. The lowest BCUT2D eigenvalue weighted by Gasteiger charge is -2.14. The molecule has 0 saturated heterocycles. The van der Waals surface area contributed by atoms with Crippen molar-refractivity contribution in [3.8, 4) is 0 Å². The van der Waals surface area contributed by atoms with Gasteiger partial charge in [0.15, 0.2) is 0 Å². The van der Waals surface area contributed by atoms with Crippen LogP contribution in [-0.2, 0) is 6.18 Å². The molecule has 0 unspecified atom stereocenters. The Morgan fingerprint density at radius 1 is 1.05 bits per heavy atom. The van der Waals surface area contributed by atoms with Crippen molar-refractivity contribution < 1.29 is 13.2 Å². The Labute approximate surface area is 109 Å². The number of anilines is 3. The van der Waals surface area contributed by atoms with E-state index in [1.54, 1.807) is 6.07 Å². The van der Waals surface area contributed by atoms with Gasteiger partial charge in [-0.2, -0.15) is 13.2 Å². The summed E-state index contributed by atoms with van der Waals surface area (Å²) in [6.45, 7) is 1.88. The molecular formula is C14H13F3N2. The first-order valence-corrected chi connectivity index (χ1v) is 5.67. The minimum atomic E-state index is -4.45. The Bertz CT molecular complexity index is 591. The number of alkyl halides is 3. The first kappa shape index (κ1) is 13.3. The molecule has 0 radical (unpaired) electrons. The highest BCUT2D eigenvalue weighted by Crippen LogP contribution is 2.35. The number of aryl methyl sites for hydroxylation is 1. The summed E-state index contributed by atoms with van der Waals surface area (Å²) in [5.74, 6) is 0. The normalized spacial score (nSPS) is 11.4. The third-order valence-corrected chi connectivity index (χ3v) is 2.78. The van der Waals surface area contributed by atoms with Crippen LogP contribution < -0.4 is 11.1 Å². The molecule has 0 aliphatic heterocycles. The van der Waals surface area contributed by atoms with Crippen molar-refractivity contribution in [2.45, 2.75) is 13.1 Å². The number of para-hydroxylation sites is 1. The van der Waals surface area contributed by atoms with Gasteiger partial charge in [-0.3, -0.25) is 0 Å². The lowest BCUT2D eigenvalue weighted by molar-refractivity contribution is -0.136. The van der Waals surface area contributed by atoms with Crippen molar-refractivity contribution >= 4 is 17.1 Å². The zero-order valence-electron chi connectivity index (χ0n) is 10.3. The maximum atomic E-state index is 12.7. The average molecular weight is 266 g/mol. The fourth-order valence-corrected chi connectivity index (χ4v) is 1.75. The van der Waals surface area contributed by atoms with Gasteiger partial charge in [0, 0.05) is 17.1 Å². The Morgan fingerprint density at radius 2 is 1.74 bits per heavy atom. The molecule has 100 valence electrons. The van der Waals surface area contributed by atoms with Crippen molar-refractivity contribution in [1.82, 2.24) is 0 Å². The smallest absolute Gasteiger partial charge is 0.398 e. The zero-order valence-corrected chi connectivity index (χ0v) is 10.3. The van der Waals surface area contributed by atoms with Crippen LogP contribution in [0.2, 0.25) is 0 Å². The number of nitrogens with two attached hydrogens (primary N) is 1. The fraction of sp³-hybridized carbons (Fsp3) is 0.143. The van der Waals surface area contributed by atoms with Gasteiger partial charge in [-0.1, -0.05) is 18.2 Å². The van der Waals surface area contributed by atoms with E-state index >= 15 is 0 Å². The van der Waals surface area contributed by atoms with Crippen LogP contribution in [0.25, 0.3) is 0 Å². The van der Waals surface area contributed by atoms with Crippen LogP contribution in [0.3, 0.4) is 0 Å². The quantitative estimate of drug-likeness (QED) is 0.793. The second kappa shape index (κ2) is 4.84. The van der Waals surface area contributed by atoms with Crippen LogP contribution in [0.5, 0.6) is 0 Å². The molecule has 0 aliphatic rings. The number of hydrogen-bond donors (Lipinski definition) is 2. The van der Waals surface area contributed by atoms with E-state index in [-0.39, 0.29) is 5.69 Å². The van der Waals surface area contributed by atoms with E-state index in [1.807, 2.05) is 25.1 Å². The lowest BCUT2D eigenvalue weighted by atomic mass is 10.1. The topological polar surface area (TPSA) is 38.0 Å². The van der Waals surface area contributed by atoms with Crippen LogP contribution in [0.1, 0.15) is 11.1 Å². The summed E-state index contributed by atoms with van der Waals surface area (Å²) >= 11 is 0. The Balaban J connectivity index is 2.35. The van der Waals surface area contributed by atoms with Gasteiger partial charge >= 0.3 is 6.18 Å². The van der Waals surface area contributed by atoms with Gasteiger partial charge in [0.25, 0.3) is 0 Å². The minimum Gasteiger partial charge on any atom is -0.398 e. The maximum absolute atomic E-state index is 12.7. The molecule has 0 aromatic heterocycles. The van der Waals surface area contributed by atoms with Crippen molar-refractivity contribution in [2.24, 2.45) is 0 Å². The van der Waals surface area contributed by atoms with Gasteiger partial charge in [0.1, 0.15) is 0 Å². The summed E-state index contributed by atoms with van der Waals surface area (Å²) in [4.78, 5) is 0. The highest BCUT2D eigenvalue weighted by atomic mass is 19.4. The van der Waals surface area contributed by atoms with Crippen LogP contribution in [0, 0.1) is 6.92 Å². The Hall–Kier alpha value is -2.17. The van der Waals surface area contributed by atoms with Crippen LogP contribution in [0.15, 0.2) is 42.5 Å². The van der Waals surface area contributed by atoms with Crippen molar-refractivity contribution in [1.29, 1.82) is 0 Å². The largest absolute Gasteiger partial charge is 0.418 e. The van der Waals surface area contributed by atoms with E-state index in [1.165, 1.54) is 12.1 Å². The van der Waals surface area contributed by atoms with Gasteiger partial charge in [0.2, 0.25) is 0 Å². The second-order valence-electron chi connectivity index (χ2n) is 4.24. The molecule has 0 aliphatic carbocycles. The summed E-state index contributed by atoms with van der Waals surface area (Å²) in [7, 11) is 0. The number of hydrogen-bond acceptors (Lipinski definition) is 2. The molecular weight excluding hydrogens is 253 g/mol. The van der Waals surface area contributed by atoms with Crippen molar-refractivity contribution in [3.05, 3.63) is 53.6 Å². The summed E-state index contributed by atoms with van der Waals surface area (Å²) < 4.78 is 38.2. The molecule has 0 fully saturated rings. The standard InChI is InChI=1S/C14H13F3N2/c1-9-4-2-3-5-13(9)19-10-6-7-12(18)11(8-10)14(15,16)17/h2-8,19H,18H2,1H3. The molecule has 0 amide bonds. The van der Waals surface area contributed by atoms with Gasteiger partial charge in [-0.15, -0.1) is 0 Å². The molecule has 0 atom stereocenters. The SMILES string of the molecule is Cc1ccccc1Nc1ccc(N)c(C(F)(F)F)c1. The fourth-order valence-electron chi connectivity index (χ4n) is 1.75. The highest BCUT2D eigenvalue weighted by Gasteiger charge is 2.33. The second-order valence-corrected chi connectivity index (χ2v) is 4.24. The van der Waals surface area contributed by atoms with E-state index in [2.05, 4.69) is 5.32 Å². The van der Waals surface area contributed by atoms with Crippen molar-refractivity contribution in [2.75, 3.05) is 11.1 Å². The Kier molecular flexibility index (Phi) is 3.38. The molecule has 0 spiro atoms. The Morgan fingerprint density at radius 3 is 2.37 bits per heavy atom. The molecule has 0 heterocycles. The first-order chi connectivity index (χ1) is 8.88.